The van der Waals surface area contributed by atoms with Gasteiger partial charge >= 0.3 is 0 Å². The lowest BCUT2D eigenvalue weighted by molar-refractivity contribution is 0.0957. The van der Waals surface area contributed by atoms with Crippen molar-refractivity contribution in [3.8, 4) is 5.69 Å². The van der Waals surface area contributed by atoms with Gasteiger partial charge in [0.2, 0.25) is 0 Å². The molecule has 2 N–H and O–H groups in total. The number of rotatable bonds is 3. The summed E-state index contributed by atoms with van der Waals surface area (Å²) in [4.78, 5) is 11.5. The van der Waals surface area contributed by atoms with Crippen LogP contribution in [0.15, 0.2) is 34.9 Å². The molecular weight excluding hydrogens is 310 g/mol. The van der Waals surface area contributed by atoms with E-state index in [1.165, 1.54) is 0 Å². The van der Waals surface area contributed by atoms with Gasteiger partial charge in [0, 0.05) is 17.7 Å². The number of benzene rings is 1. The molecule has 0 aliphatic heterocycles. The summed E-state index contributed by atoms with van der Waals surface area (Å²) in [6, 6.07) is 7.15. The van der Waals surface area contributed by atoms with E-state index in [9.17, 15) is 9.90 Å². The molecule has 0 aliphatic rings. The topological polar surface area (TPSA) is 67.2 Å². The highest BCUT2D eigenvalue weighted by Gasteiger charge is 2.11. The smallest absolute Gasteiger partial charge is 0.271 e. The highest BCUT2D eigenvalue weighted by atomic mass is 79.9. The van der Waals surface area contributed by atoms with Crippen LogP contribution in [0.5, 0.6) is 0 Å². The molecule has 19 heavy (non-hydrogen) atoms. The largest absolute Gasteiger partial charge is 0.389 e. The monoisotopic (exact) mass is 323 g/mol. The van der Waals surface area contributed by atoms with Gasteiger partial charge in [-0.15, -0.1) is 0 Å². The lowest BCUT2D eigenvalue weighted by atomic mass is 10.1. The number of nitrogens with zero attached hydrogens (tertiary/aromatic N) is 2. The van der Waals surface area contributed by atoms with Gasteiger partial charge in [0.15, 0.2) is 5.69 Å². The fourth-order valence-corrected chi connectivity index (χ4v) is 2.25. The zero-order chi connectivity index (χ0) is 14.0. The second kappa shape index (κ2) is 5.54. The van der Waals surface area contributed by atoms with Crippen molar-refractivity contribution in [1.82, 2.24) is 15.1 Å². The minimum atomic E-state index is -0.524. The zero-order valence-corrected chi connectivity index (χ0v) is 12.2. The maximum atomic E-state index is 11.5. The van der Waals surface area contributed by atoms with Crippen molar-refractivity contribution in [2.75, 3.05) is 7.05 Å². The highest BCUT2D eigenvalue weighted by molar-refractivity contribution is 9.10. The van der Waals surface area contributed by atoms with E-state index < -0.39 is 6.10 Å². The molecule has 1 aromatic carbocycles. The van der Waals surface area contributed by atoms with Gasteiger partial charge in [0.05, 0.1) is 11.8 Å². The van der Waals surface area contributed by atoms with E-state index >= 15 is 0 Å². The minimum Gasteiger partial charge on any atom is -0.389 e. The number of amides is 1. The van der Waals surface area contributed by atoms with Gasteiger partial charge < -0.3 is 10.4 Å². The number of aliphatic hydroxyl groups excluding tert-OH is 1. The SMILES string of the molecule is CNC(=O)c1ccn(-c2ccc([C@H](C)O)cc2Br)n1. The number of nitrogens with one attached hydrogen (secondary N) is 1. The molecule has 100 valence electrons. The molecule has 0 saturated heterocycles. The fourth-order valence-electron chi connectivity index (χ4n) is 1.68. The van der Waals surface area contributed by atoms with Crippen LogP contribution in [-0.2, 0) is 0 Å². The van der Waals surface area contributed by atoms with Gasteiger partial charge in [-0.2, -0.15) is 5.10 Å². The Hall–Kier alpha value is -1.66. The van der Waals surface area contributed by atoms with Crippen LogP contribution in [0.3, 0.4) is 0 Å². The third kappa shape index (κ3) is 2.85. The van der Waals surface area contributed by atoms with Crippen molar-refractivity contribution in [3.05, 3.63) is 46.2 Å². The van der Waals surface area contributed by atoms with Crippen LogP contribution in [0.1, 0.15) is 29.1 Å². The van der Waals surface area contributed by atoms with E-state index in [4.69, 9.17) is 0 Å². The molecule has 1 atom stereocenters. The molecule has 2 aromatic rings. The van der Waals surface area contributed by atoms with E-state index in [1.807, 2.05) is 18.2 Å². The van der Waals surface area contributed by atoms with Crippen LogP contribution in [0.25, 0.3) is 5.69 Å². The average Bonchev–Trinajstić information content (AvgIpc) is 2.87. The molecule has 0 aliphatic carbocycles. The summed E-state index contributed by atoms with van der Waals surface area (Å²) in [5, 5.41) is 16.2. The second-order valence-corrected chi connectivity index (χ2v) is 4.97. The first-order valence-electron chi connectivity index (χ1n) is 5.78. The Labute approximate surface area is 119 Å². The normalized spacial score (nSPS) is 12.2. The summed E-state index contributed by atoms with van der Waals surface area (Å²) >= 11 is 3.44. The summed E-state index contributed by atoms with van der Waals surface area (Å²) in [7, 11) is 1.56. The van der Waals surface area contributed by atoms with Crippen molar-refractivity contribution < 1.29 is 9.90 Å². The number of carbonyl (C=O) groups is 1. The molecule has 6 heteroatoms. The number of aromatic nitrogens is 2. The number of aliphatic hydroxyl groups is 1. The lowest BCUT2D eigenvalue weighted by Gasteiger charge is -2.09. The molecule has 1 heterocycles. The Kier molecular flexibility index (Phi) is 4.01. The Morgan fingerprint density at radius 3 is 2.79 bits per heavy atom. The van der Waals surface area contributed by atoms with E-state index in [0.29, 0.717) is 5.69 Å². The van der Waals surface area contributed by atoms with Crippen LogP contribution in [0.4, 0.5) is 0 Å². The molecule has 5 nitrogen and oxygen atoms in total. The summed E-state index contributed by atoms with van der Waals surface area (Å²) in [6.45, 7) is 1.71. The maximum Gasteiger partial charge on any atom is 0.271 e. The number of carbonyl (C=O) groups excluding carboxylic acids is 1. The fraction of sp³-hybridized carbons (Fsp3) is 0.231. The van der Waals surface area contributed by atoms with Gasteiger partial charge in [-0.05, 0) is 46.6 Å². The summed E-state index contributed by atoms with van der Waals surface area (Å²) in [5.74, 6) is -0.226. The summed E-state index contributed by atoms with van der Waals surface area (Å²) < 4.78 is 2.41. The predicted octanol–water partition coefficient (Wildman–Crippen LogP) is 2.05. The molecule has 0 fully saturated rings. The standard InChI is InChI=1S/C13H14BrN3O2/c1-8(18)9-3-4-12(10(14)7-9)17-6-5-11(16-17)13(19)15-2/h3-8,18H,1-2H3,(H,15,19)/t8-/m0/s1. The van der Waals surface area contributed by atoms with Crippen LogP contribution in [0, 0.1) is 0 Å². The predicted molar refractivity (Wildman–Crippen MR) is 75.3 cm³/mol. The highest BCUT2D eigenvalue weighted by Crippen LogP contribution is 2.25. The molecule has 1 aromatic heterocycles. The first-order valence-corrected chi connectivity index (χ1v) is 6.58. The Balaban J connectivity index is 2.37. The molecular formula is C13H14BrN3O2. The van der Waals surface area contributed by atoms with E-state index in [1.54, 1.807) is 30.9 Å². The molecule has 0 bridgehead atoms. The van der Waals surface area contributed by atoms with Crippen molar-refractivity contribution >= 4 is 21.8 Å². The van der Waals surface area contributed by atoms with Crippen molar-refractivity contribution in [1.29, 1.82) is 0 Å². The van der Waals surface area contributed by atoms with Gasteiger partial charge in [0.25, 0.3) is 5.91 Å². The first-order chi connectivity index (χ1) is 9.02. The molecule has 0 saturated carbocycles. The van der Waals surface area contributed by atoms with Crippen LogP contribution in [0.2, 0.25) is 0 Å². The lowest BCUT2D eigenvalue weighted by Crippen LogP contribution is -2.18. The van der Waals surface area contributed by atoms with Crippen LogP contribution < -0.4 is 5.32 Å². The maximum absolute atomic E-state index is 11.5. The Morgan fingerprint density at radius 1 is 1.47 bits per heavy atom. The Morgan fingerprint density at radius 2 is 2.21 bits per heavy atom. The van der Waals surface area contributed by atoms with Crippen LogP contribution >= 0.6 is 15.9 Å². The average molecular weight is 324 g/mol. The second-order valence-electron chi connectivity index (χ2n) is 4.11. The van der Waals surface area contributed by atoms with E-state index in [0.717, 1.165) is 15.7 Å². The summed E-state index contributed by atoms with van der Waals surface area (Å²) in [6.07, 6.45) is 1.19. The first kappa shape index (κ1) is 13.8. The summed E-state index contributed by atoms with van der Waals surface area (Å²) in [5.41, 5.74) is 1.97. The zero-order valence-electron chi connectivity index (χ0n) is 10.6. The molecule has 0 spiro atoms. The van der Waals surface area contributed by atoms with Gasteiger partial charge in [-0.25, -0.2) is 4.68 Å². The quantitative estimate of drug-likeness (QED) is 0.908. The molecule has 0 radical (unpaired) electrons. The van der Waals surface area contributed by atoms with E-state index in [-0.39, 0.29) is 5.91 Å². The van der Waals surface area contributed by atoms with Gasteiger partial charge in [0.1, 0.15) is 0 Å². The number of halogens is 1. The number of hydrogen-bond acceptors (Lipinski definition) is 3. The van der Waals surface area contributed by atoms with Gasteiger partial charge in [-0.1, -0.05) is 6.07 Å². The third-order valence-corrected chi connectivity index (χ3v) is 3.38. The molecule has 2 rings (SSSR count). The number of hydrogen-bond donors (Lipinski definition) is 2. The van der Waals surface area contributed by atoms with Crippen molar-refractivity contribution in [2.24, 2.45) is 0 Å². The van der Waals surface area contributed by atoms with Gasteiger partial charge in [-0.3, -0.25) is 4.79 Å². The molecule has 1 amide bonds. The van der Waals surface area contributed by atoms with E-state index in [2.05, 4.69) is 26.3 Å². The van der Waals surface area contributed by atoms with Crippen molar-refractivity contribution in [2.45, 2.75) is 13.0 Å². The Bertz CT molecular complexity index is 608. The minimum absolute atomic E-state index is 0.226. The van der Waals surface area contributed by atoms with Crippen molar-refractivity contribution in [3.63, 3.8) is 0 Å². The van der Waals surface area contributed by atoms with Crippen LogP contribution in [-0.4, -0.2) is 27.8 Å². The molecule has 0 unspecified atom stereocenters. The third-order valence-electron chi connectivity index (χ3n) is 2.75.